The molecule has 1 unspecified atom stereocenters. The van der Waals surface area contributed by atoms with Crippen LogP contribution in [0.1, 0.15) is 24.9 Å². The van der Waals surface area contributed by atoms with Crippen LogP contribution >= 0.6 is 0 Å². The Balaban J connectivity index is 2.91. The van der Waals surface area contributed by atoms with Crippen molar-refractivity contribution in [3.8, 4) is 5.75 Å². The Bertz CT molecular complexity index is 328. The van der Waals surface area contributed by atoms with Crippen molar-refractivity contribution in [1.29, 1.82) is 0 Å². The third-order valence-corrected chi connectivity index (χ3v) is 2.38. The predicted molar refractivity (Wildman–Crippen MR) is 61.2 cm³/mol. The lowest BCUT2D eigenvalue weighted by atomic mass is 10.0. The largest absolute Gasteiger partial charge is 0.434 e. The second-order valence-corrected chi connectivity index (χ2v) is 3.54. The Morgan fingerprint density at radius 1 is 1.35 bits per heavy atom. The molecule has 0 aromatic heterocycles. The highest BCUT2D eigenvalue weighted by atomic mass is 19.3. The maximum atomic E-state index is 12.2. The number of hydrogen-bond donors (Lipinski definition) is 2. The highest BCUT2D eigenvalue weighted by Gasteiger charge is 2.16. The molecule has 0 saturated heterocycles. The van der Waals surface area contributed by atoms with Gasteiger partial charge in [0.05, 0.1) is 0 Å². The highest BCUT2D eigenvalue weighted by molar-refractivity contribution is 5.36. The fourth-order valence-corrected chi connectivity index (χ4v) is 1.71. The predicted octanol–water partition coefficient (Wildman–Crippen LogP) is 2.32. The molecule has 0 fully saturated rings. The van der Waals surface area contributed by atoms with Gasteiger partial charge in [0.25, 0.3) is 0 Å². The molecule has 5 heteroatoms. The van der Waals surface area contributed by atoms with E-state index in [1.54, 1.807) is 18.2 Å². The first-order valence-electron chi connectivity index (χ1n) is 5.57. The molecule has 17 heavy (non-hydrogen) atoms. The van der Waals surface area contributed by atoms with E-state index in [4.69, 9.17) is 5.11 Å². The minimum atomic E-state index is -2.84. The number of rotatable bonds is 7. The molecule has 0 bridgehead atoms. The minimum Gasteiger partial charge on any atom is -0.434 e. The number of ether oxygens (including phenoxy) is 1. The summed E-state index contributed by atoms with van der Waals surface area (Å²) < 4.78 is 29.0. The van der Waals surface area contributed by atoms with Gasteiger partial charge in [0.2, 0.25) is 0 Å². The second-order valence-electron chi connectivity index (χ2n) is 3.54. The molecule has 1 aromatic rings. The Morgan fingerprint density at radius 3 is 2.65 bits per heavy atom. The zero-order chi connectivity index (χ0) is 12.7. The van der Waals surface area contributed by atoms with Crippen LogP contribution in [0.25, 0.3) is 0 Å². The summed E-state index contributed by atoms with van der Waals surface area (Å²) in [7, 11) is 0. The quantitative estimate of drug-likeness (QED) is 0.774. The molecule has 96 valence electrons. The van der Waals surface area contributed by atoms with Crippen molar-refractivity contribution in [2.45, 2.75) is 26.0 Å². The topological polar surface area (TPSA) is 41.5 Å². The third kappa shape index (κ3) is 4.28. The van der Waals surface area contributed by atoms with Crippen molar-refractivity contribution < 1.29 is 18.6 Å². The van der Waals surface area contributed by atoms with Crippen LogP contribution in [0.3, 0.4) is 0 Å². The molecular weight excluding hydrogens is 228 g/mol. The lowest BCUT2D eigenvalue weighted by molar-refractivity contribution is -0.0507. The van der Waals surface area contributed by atoms with Crippen LogP contribution < -0.4 is 10.1 Å². The fourth-order valence-electron chi connectivity index (χ4n) is 1.71. The number of halogens is 2. The van der Waals surface area contributed by atoms with E-state index in [-0.39, 0.29) is 18.4 Å². The number of nitrogens with one attached hydrogen (secondary N) is 1. The number of para-hydroxylation sites is 1. The maximum absolute atomic E-state index is 12.2. The summed E-state index contributed by atoms with van der Waals surface area (Å²) in [6.45, 7) is -0.248. The van der Waals surface area contributed by atoms with Crippen molar-refractivity contribution >= 4 is 0 Å². The first-order chi connectivity index (χ1) is 8.19. The van der Waals surface area contributed by atoms with Crippen molar-refractivity contribution in [3.63, 3.8) is 0 Å². The average Bonchev–Trinajstić information content (AvgIpc) is 2.29. The molecule has 0 spiro atoms. The smallest absolute Gasteiger partial charge is 0.387 e. The van der Waals surface area contributed by atoms with Crippen LogP contribution in [0, 0.1) is 0 Å². The molecule has 0 aliphatic rings. The molecular formula is C12H17F2NO2. The van der Waals surface area contributed by atoms with Crippen LogP contribution in [0.15, 0.2) is 24.3 Å². The van der Waals surface area contributed by atoms with E-state index >= 15 is 0 Å². The molecule has 0 aliphatic carbocycles. The van der Waals surface area contributed by atoms with E-state index in [1.807, 2.05) is 6.92 Å². The highest BCUT2D eigenvalue weighted by Crippen LogP contribution is 2.28. The minimum absolute atomic E-state index is 0.0132. The van der Waals surface area contributed by atoms with Crippen LogP contribution in [0.2, 0.25) is 0 Å². The summed E-state index contributed by atoms with van der Waals surface area (Å²) in [5.41, 5.74) is 0.642. The normalized spacial score (nSPS) is 12.8. The van der Waals surface area contributed by atoms with E-state index in [9.17, 15) is 8.78 Å². The van der Waals surface area contributed by atoms with Crippen molar-refractivity contribution in [2.24, 2.45) is 0 Å². The zero-order valence-electron chi connectivity index (χ0n) is 9.70. The Hall–Kier alpha value is -1.20. The zero-order valence-corrected chi connectivity index (χ0v) is 9.70. The summed E-state index contributed by atoms with van der Waals surface area (Å²) in [4.78, 5) is 0. The monoisotopic (exact) mass is 245 g/mol. The standard InChI is InChI=1S/C12H17F2NO2/c1-2-15-10(7-8-16)9-5-3-4-6-11(9)17-12(13)14/h3-6,10,12,15-16H,2,7-8H2,1H3. The van der Waals surface area contributed by atoms with Crippen molar-refractivity contribution in [2.75, 3.05) is 13.2 Å². The summed E-state index contributed by atoms with van der Waals surface area (Å²) in [6, 6.07) is 6.45. The summed E-state index contributed by atoms with van der Waals surface area (Å²) in [5.74, 6) is 0.155. The van der Waals surface area contributed by atoms with Gasteiger partial charge in [0.1, 0.15) is 5.75 Å². The number of benzene rings is 1. The molecule has 1 rings (SSSR count). The molecule has 0 radical (unpaired) electrons. The Labute approximate surface area is 99.4 Å². The molecule has 0 amide bonds. The summed E-state index contributed by atoms with van der Waals surface area (Å²) in [6.07, 6.45) is 0.456. The Morgan fingerprint density at radius 2 is 2.06 bits per heavy atom. The number of aliphatic hydroxyl groups excluding tert-OH is 1. The molecule has 1 aromatic carbocycles. The lowest BCUT2D eigenvalue weighted by Crippen LogP contribution is -2.23. The van der Waals surface area contributed by atoms with E-state index in [0.29, 0.717) is 18.5 Å². The van der Waals surface area contributed by atoms with E-state index in [0.717, 1.165) is 0 Å². The summed E-state index contributed by atoms with van der Waals surface area (Å²) >= 11 is 0. The molecule has 3 nitrogen and oxygen atoms in total. The van der Waals surface area contributed by atoms with Gasteiger partial charge in [-0.15, -0.1) is 0 Å². The number of aliphatic hydroxyl groups is 1. The van der Waals surface area contributed by atoms with Crippen LogP contribution in [-0.4, -0.2) is 24.9 Å². The van der Waals surface area contributed by atoms with Gasteiger partial charge in [-0.05, 0) is 19.0 Å². The van der Waals surface area contributed by atoms with Gasteiger partial charge in [-0.1, -0.05) is 25.1 Å². The van der Waals surface area contributed by atoms with Crippen molar-refractivity contribution in [1.82, 2.24) is 5.32 Å². The van der Waals surface area contributed by atoms with Gasteiger partial charge >= 0.3 is 6.61 Å². The number of alkyl halides is 2. The SMILES string of the molecule is CCNC(CCO)c1ccccc1OC(F)F. The number of hydrogen-bond acceptors (Lipinski definition) is 3. The second kappa shape index (κ2) is 7.19. The van der Waals surface area contributed by atoms with E-state index in [1.165, 1.54) is 6.07 Å². The van der Waals surface area contributed by atoms with Crippen LogP contribution in [-0.2, 0) is 0 Å². The first kappa shape index (κ1) is 13.9. The molecule has 1 atom stereocenters. The molecule has 0 aliphatic heterocycles. The maximum Gasteiger partial charge on any atom is 0.387 e. The van der Waals surface area contributed by atoms with Gasteiger partial charge in [-0.2, -0.15) is 8.78 Å². The van der Waals surface area contributed by atoms with Gasteiger partial charge in [-0.25, -0.2) is 0 Å². The van der Waals surface area contributed by atoms with Gasteiger partial charge in [0.15, 0.2) is 0 Å². The van der Waals surface area contributed by atoms with Gasteiger partial charge in [0, 0.05) is 18.2 Å². The summed E-state index contributed by atoms with van der Waals surface area (Å²) in [5, 5.41) is 12.1. The van der Waals surface area contributed by atoms with Crippen molar-refractivity contribution in [3.05, 3.63) is 29.8 Å². The fraction of sp³-hybridized carbons (Fsp3) is 0.500. The first-order valence-corrected chi connectivity index (χ1v) is 5.57. The van der Waals surface area contributed by atoms with Gasteiger partial charge in [-0.3, -0.25) is 0 Å². The molecule has 0 heterocycles. The van der Waals surface area contributed by atoms with E-state index < -0.39 is 6.61 Å². The average molecular weight is 245 g/mol. The molecule has 2 N–H and O–H groups in total. The van der Waals surface area contributed by atoms with E-state index in [2.05, 4.69) is 10.1 Å². The Kier molecular flexibility index (Phi) is 5.86. The lowest BCUT2D eigenvalue weighted by Gasteiger charge is -2.20. The van der Waals surface area contributed by atoms with Crippen LogP contribution in [0.5, 0.6) is 5.75 Å². The third-order valence-electron chi connectivity index (χ3n) is 2.38. The molecule has 0 saturated carbocycles. The van der Waals surface area contributed by atoms with Crippen LogP contribution in [0.4, 0.5) is 8.78 Å². The van der Waals surface area contributed by atoms with Gasteiger partial charge < -0.3 is 15.2 Å².